The van der Waals surface area contributed by atoms with Crippen molar-refractivity contribution in [1.29, 1.82) is 0 Å². The minimum absolute atomic E-state index is 0.428. The first kappa shape index (κ1) is 37.2. The predicted octanol–water partition coefficient (Wildman–Crippen LogP) is 16.6. The SMILES string of the molecule is c1ccc(-c2cc(-c3ccccc3)nc(-c3cccc(-c4ccc(-c5cc6c(cc5-c5ccc7ccccc7c5)-c5ccccc5C65c6ccccc6-c6ccccc65)cc4)c3)c2)cc1. The van der Waals surface area contributed by atoms with Crippen LogP contribution in [-0.2, 0) is 5.41 Å². The van der Waals surface area contributed by atoms with Crippen LogP contribution in [0.4, 0.5) is 0 Å². The average molecular weight is 824 g/mol. The summed E-state index contributed by atoms with van der Waals surface area (Å²) in [7, 11) is 0. The molecular weight excluding hydrogens is 783 g/mol. The van der Waals surface area contributed by atoms with Crippen LogP contribution < -0.4 is 0 Å². The average Bonchev–Trinajstić information content (AvgIpc) is 3.85. The van der Waals surface area contributed by atoms with Gasteiger partial charge in [0.25, 0.3) is 0 Å². The third-order valence-electron chi connectivity index (χ3n) is 13.9. The molecule has 1 heteroatoms. The van der Waals surface area contributed by atoms with Crippen LogP contribution in [0.25, 0.3) is 100 Å². The first-order valence-electron chi connectivity index (χ1n) is 22.5. The molecule has 0 radical (unpaired) electrons. The first-order chi connectivity index (χ1) is 32.2. The zero-order valence-corrected chi connectivity index (χ0v) is 35.6. The van der Waals surface area contributed by atoms with Gasteiger partial charge >= 0.3 is 0 Å². The monoisotopic (exact) mass is 823 g/mol. The van der Waals surface area contributed by atoms with Crippen LogP contribution in [0.2, 0.25) is 0 Å². The van der Waals surface area contributed by atoms with Gasteiger partial charge in [-0.05, 0) is 136 Å². The quantitative estimate of drug-likeness (QED) is 0.163. The van der Waals surface area contributed by atoms with E-state index in [-0.39, 0.29) is 0 Å². The highest BCUT2D eigenvalue weighted by Gasteiger charge is 2.51. The van der Waals surface area contributed by atoms with E-state index in [2.05, 4.69) is 249 Å². The van der Waals surface area contributed by atoms with Crippen LogP contribution in [0.1, 0.15) is 22.3 Å². The van der Waals surface area contributed by atoms with Crippen molar-refractivity contribution < 1.29 is 0 Å². The molecule has 1 spiro atoms. The summed E-state index contributed by atoms with van der Waals surface area (Å²) in [5.74, 6) is 0. The molecule has 0 saturated carbocycles. The molecule has 0 fully saturated rings. The fraction of sp³-hybridized carbons (Fsp3) is 0.0156. The third kappa shape index (κ3) is 5.90. The standard InChI is InChI=1S/C64H41N/c1-3-16-42(17-4-1)51-38-62(46-19-5-2-6-20-46)65-63(39-51)50-23-15-22-48(37-50)44-30-33-45(34-31-44)56-41-61-57(40-55(56)49-35-32-43-18-7-8-21-47(43)36-49)54-26-11-14-29-60(54)64(61)58-27-12-9-24-52(58)53-25-10-13-28-59(53)64/h1-41H. The lowest BCUT2D eigenvalue weighted by molar-refractivity contribution is 0.794. The summed E-state index contributed by atoms with van der Waals surface area (Å²) < 4.78 is 0. The van der Waals surface area contributed by atoms with Gasteiger partial charge in [0.15, 0.2) is 0 Å². The highest BCUT2D eigenvalue weighted by molar-refractivity contribution is 6.00. The molecule has 0 aliphatic heterocycles. The smallest absolute Gasteiger partial charge is 0.0725 e. The Labute approximate surface area is 379 Å². The number of aromatic nitrogens is 1. The molecule has 0 unspecified atom stereocenters. The van der Waals surface area contributed by atoms with Crippen LogP contribution in [0.5, 0.6) is 0 Å². The van der Waals surface area contributed by atoms with E-state index in [1.165, 1.54) is 83.1 Å². The number of nitrogens with zero attached hydrogens (tertiary/aromatic N) is 1. The third-order valence-corrected chi connectivity index (χ3v) is 13.9. The van der Waals surface area contributed by atoms with Gasteiger partial charge in [0, 0.05) is 11.1 Å². The minimum Gasteiger partial charge on any atom is -0.248 e. The lowest BCUT2D eigenvalue weighted by Gasteiger charge is -2.31. The van der Waals surface area contributed by atoms with Crippen molar-refractivity contribution in [2.24, 2.45) is 0 Å². The van der Waals surface area contributed by atoms with Gasteiger partial charge in [-0.25, -0.2) is 4.98 Å². The van der Waals surface area contributed by atoms with Crippen molar-refractivity contribution >= 4 is 10.8 Å². The number of benzene rings is 10. The minimum atomic E-state index is -0.428. The molecule has 1 heterocycles. The molecule has 0 N–H and O–H groups in total. The van der Waals surface area contributed by atoms with Crippen LogP contribution >= 0.6 is 0 Å². The van der Waals surface area contributed by atoms with E-state index in [9.17, 15) is 0 Å². The van der Waals surface area contributed by atoms with Gasteiger partial charge in [-0.3, -0.25) is 0 Å². The Kier molecular flexibility index (Phi) is 8.51. The maximum absolute atomic E-state index is 5.25. The van der Waals surface area contributed by atoms with Crippen molar-refractivity contribution in [2.75, 3.05) is 0 Å². The van der Waals surface area contributed by atoms with E-state index in [1.54, 1.807) is 0 Å². The number of hydrogen-bond donors (Lipinski definition) is 0. The summed E-state index contributed by atoms with van der Waals surface area (Å²) in [6.07, 6.45) is 0. The maximum atomic E-state index is 5.25. The van der Waals surface area contributed by atoms with Crippen molar-refractivity contribution in [1.82, 2.24) is 4.98 Å². The molecule has 2 aliphatic carbocycles. The van der Waals surface area contributed by atoms with Crippen LogP contribution in [0, 0.1) is 0 Å². The molecule has 13 rings (SSSR count). The van der Waals surface area contributed by atoms with Gasteiger partial charge in [-0.1, -0.05) is 212 Å². The van der Waals surface area contributed by atoms with Crippen molar-refractivity contribution in [3.05, 3.63) is 271 Å². The Bertz CT molecular complexity index is 3540. The Hall–Kier alpha value is -8.39. The Balaban J connectivity index is 0.969. The molecule has 302 valence electrons. The van der Waals surface area contributed by atoms with Gasteiger partial charge < -0.3 is 0 Å². The molecular formula is C64H41N. The molecule has 11 aromatic rings. The van der Waals surface area contributed by atoms with Crippen LogP contribution in [0.3, 0.4) is 0 Å². The summed E-state index contributed by atoms with van der Waals surface area (Å²) in [5.41, 5.74) is 23.8. The van der Waals surface area contributed by atoms with E-state index in [1.807, 2.05) is 0 Å². The predicted molar refractivity (Wildman–Crippen MR) is 271 cm³/mol. The second kappa shape index (κ2) is 14.9. The number of rotatable bonds is 6. The largest absolute Gasteiger partial charge is 0.248 e. The molecule has 0 amide bonds. The second-order valence-corrected chi connectivity index (χ2v) is 17.4. The second-order valence-electron chi connectivity index (χ2n) is 17.4. The lowest BCUT2D eigenvalue weighted by atomic mass is 9.70. The lowest BCUT2D eigenvalue weighted by Crippen LogP contribution is -2.25. The summed E-state index contributed by atoms with van der Waals surface area (Å²) in [5, 5.41) is 2.48. The fourth-order valence-corrected chi connectivity index (χ4v) is 10.9. The zero-order valence-electron chi connectivity index (χ0n) is 35.6. The number of hydrogen-bond acceptors (Lipinski definition) is 1. The summed E-state index contributed by atoms with van der Waals surface area (Å²) in [6, 6.07) is 91.4. The topological polar surface area (TPSA) is 12.9 Å². The van der Waals surface area contributed by atoms with Crippen molar-refractivity contribution in [3.8, 4) is 89.3 Å². The molecule has 0 atom stereocenters. The molecule has 1 nitrogen and oxygen atoms in total. The molecule has 2 aliphatic rings. The van der Waals surface area contributed by atoms with E-state index < -0.39 is 5.41 Å². The Morgan fingerprint density at radius 3 is 1.37 bits per heavy atom. The van der Waals surface area contributed by atoms with Gasteiger partial charge in [-0.2, -0.15) is 0 Å². The van der Waals surface area contributed by atoms with Gasteiger partial charge in [0.05, 0.1) is 16.8 Å². The maximum Gasteiger partial charge on any atom is 0.0725 e. The van der Waals surface area contributed by atoms with Crippen molar-refractivity contribution in [3.63, 3.8) is 0 Å². The molecule has 0 bridgehead atoms. The molecule has 10 aromatic carbocycles. The van der Waals surface area contributed by atoms with Crippen LogP contribution in [-0.4, -0.2) is 4.98 Å². The van der Waals surface area contributed by atoms with E-state index in [4.69, 9.17) is 4.98 Å². The normalized spacial score (nSPS) is 12.7. The van der Waals surface area contributed by atoms with E-state index in [0.29, 0.717) is 0 Å². The first-order valence-corrected chi connectivity index (χ1v) is 22.5. The number of pyridine rings is 1. The Morgan fingerprint density at radius 1 is 0.215 bits per heavy atom. The van der Waals surface area contributed by atoms with Crippen molar-refractivity contribution in [2.45, 2.75) is 5.41 Å². The van der Waals surface area contributed by atoms with Gasteiger partial charge in [0.1, 0.15) is 0 Å². The fourth-order valence-electron chi connectivity index (χ4n) is 10.9. The zero-order chi connectivity index (χ0) is 42.9. The number of fused-ring (bicyclic) bond motifs is 11. The Morgan fingerprint density at radius 2 is 0.692 bits per heavy atom. The highest BCUT2D eigenvalue weighted by atomic mass is 14.7. The van der Waals surface area contributed by atoms with E-state index in [0.717, 1.165) is 39.2 Å². The van der Waals surface area contributed by atoms with Gasteiger partial charge in [-0.15, -0.1) is 0 Å². The summed E-state index contributed by atoms with van der Waals surface area (Å²) in [4.78, 5) is 5.25. The van der Waals surface area contributed by atoms with E-state index >= 15 is 0 Å². The molecule has 0 saturated heterocycles. The highest BCUT2D eigenvalue weighted by Crippen LogP contribution is 2.63. The summed E-state index contributed by atoms with van der Waals surface area (Å²) >= 11 is 0. The molecule has 1 aromatic heterocycles. The van der Waals surface area contributed by atoms with Crippen LogP contribution in [0.15, 0.2) is 249 Å². The summed E-state index contributed by atoms with van der Waals surface area (Å²) in [6.45, 7) is 0. The van der Waals surface area contributed by atoms with Gasteiger partial charge in [0.2, 0.25) is 0 Å². The molecule has 65 heavy (non-hydrogen) atoms.